The SMILES string of the molecule is CCOC(=O)CNC(=O)c1nc(Cc2ccc(B3OC(C)(C)C(C)(C)O3)cc2)nc(C)c1OCc1ccccc1. The maximum atomic E-state index is 13.1. The van der Waals surface area contributed by atoms with Gasteiger partial charge in [-0.15, -0.1) is 0 Å². The number of benzene rings is 2. The van der Waals surface area contributed by atoms with Crippen molar-refractivity contribution in [3.63, 3.8) is 0 Å². The molecule has 1 N–H and O–H groups in total. The molecular formula is C30H36BN3O6. The molecule has 1 saturated heterocycles. The van der Waals surface area contributed by atoms with Gasteiger partial charge in [0.15, 0.2) is 11.4 Å². The van der Waals surface area contributed by atoms with Crippen molar-refractivity contribution in [1.82, 2.24) is 15.3 Å². The molecule has 10 heteroatoms. The molecule has 0 unspecified atom stereocenters. The zero-order valence-electron chi connectivity index (χ0n) is 23.9. The summed E-state index contributed by atoms with van der Waals surface area (Å²) in [5.74, 6) is -0.353. The zero-order valence-corrected chi connectivity index (χ0v) is 23.9. The van der Waals surface area contributed by atoms with E-state index in [4.69, 9.17) is 18.8 Å². The van der Waals surface area contributed by atoms with Gasteiger partial charge in [0.05, 0.1) is 23.5 Å². The molecule has 1 aromatic heterocycles. The van der Waals surface area contributed by atoms with Gasteiger partial charge in [-0.05, 0) is 58.1 Å². The third kappa shape index (κ3) is 6.87. The molecule has 0 atom stereocenters. The van der Waals surface area contributed by atoms with E-state index in [2.05, 4.69) is 15.3 Å². The maximum Gasteiger partial charge on any atom is 0.494 e. The van der Waals surface area contributed by atoms with E-state index >= 15 is 0 Å². The first-order valence-corrected chi connectivity index (χ1v) is 13.4. The van der Waals surface area contributed by atoms with Crippen molar-refractivity contribution in [3.8, 4) is 5.75 Å². The second kappa shape index (κ2) is 12.2. The highest BCUT2D eigenvalue weighted by molar-refractivity contribution is 6.62. The molecule has 0 saturated carbocycles. The fourth-order valence-electron chi connectivity index (χ4n) is 4.16. The standard InChI is InChI=1S/C30H36BN3O6/c1-7-37-25(35)18-32-28(36)26-27(38-19-22-11-9-8-10-12-22)20(2)33-24(34-26)17-21-13-15-23(16-14-21)31-39-29(3,4)30(5,6)40-31/h8-16H,7,17-19H2,1-6H3,(H,32,36). The number of amides is 1. The summed E-state index contributed by atoms with van der Waals surface area (Å²) in [6.07, 6.45) is 0.390. The van der Waals surface area contributed by atoms with Crippen LogP contribution in [0.3, 0.4) is 0 Å². The number of aryl methyl sites for hydroxylation is 1. The maximum absolute atomic E-state index is 13.1. The third-order valence-corrected chi connectivity index (χ3v) is 7.09. The summed E-state index contributed by atoms with van der Waals surface area (Å²) >= 11 is 0. The van der Waals surface area contributed by atoms with Gasteiger partial charge < -0.3 is 24.1 Å². The highest BCUT2D eigenvalue weighted by Crippen LogP contribution is 2.36. The molecule has 1 aliphatic heterocycles. The van der Waals surface area contributed by atoms with Crippen molar-refractivity contribution in [2.45, 2.75) is 65.8 Å². The summed E-state index contributed by atoms with van der Waals surface area (Å²) in [7, 11) is -0.451. The van der Waals surface area contributed by atoms with Crippen LogP contribution < -0.4 is 15.5 Å². The lowest BCUT2D eigenvalue weighted by Crippen LogP contribution is -2.41. The molecule has 3 aromatic rings. The van der Waals surface area contributed by atoms with Gasteiger partial charge in [0, 0.05) is 6.42 Å². The van der Waals surface area contributed by atoms with Crippen LogP contribution in [-0.4, -0.2) is 53.3 Å². The number of hydrogen-bond donors (Lipinski definition) is 1. The Balaban J connectivity index is 1.54. The number of esters is 1. The van der Waals surface area contributed by atoms with E-state index in [1.807, 2.05) is 82.3 Å². The fourth-order valence-corrected chi connectivity index (χ4v) is 4.16. The molecule has 0 aliphatic carbocycles. The minimum atomic E-state index is -0.543. The summed E-state index contributed by atoms with van der Waals surface area (Å²) in [6, 6.07) is 17.5. The molecule has 2 heterocycles. The lowest BCUT2D eigenvalue weighted by atomic mass is 9.79. The molecule has 4 rings (SSSR count). The van der Waals surface area contributed by atoms with Crippen molar-refractivity contribution in [1.29, 1.82) is 0 Å². The van der Waals surface area contributed by atoms with Crippen LogP contribution in [-0.2, 0) is 31.9 Å². The topological polar surface area (TPSA) is 109 Å². The highest BCUT2D eigenvalue weighted by atomic mass is 16.7. The van der Waals surface area contributed by atoms with Crippen LogP contribution in [0.5, 0.6) is 5.75 Å². The van der Waals surface area contributed by atoms with Crippen molar-refractivity contribution in [2.24, 2.45) is 0 Å². The number of nitrogens with one attached hydrogen (secondary N) is 1. The number of ether oxygens (including phenoxy) is 2. The van der Waals surface area contributed by atoms with Crippen LogP contribution in [0.2, 0.25) is 0 Å². The minimum absolute atomic E-state index is 0.0663. The van der Waals surface area contributed by atoms with Crippen LogP contribution in [0.15, 0.2) is 54.6 Å². The summed E-state index contributed by atoms with van der Waals surface area (Å²) in [4.78, 5) is 34.1. The van der Waals surface area contributed by atoms with E-state index in [0.29, 0.717) is 17.9 Å². The first kappa shape index (κ1) is 29.2. The average Bonchev–Trinajstić information content (AvgIpc) is 3.14. The molecule has 0 spiro atoms. The average molecular weight is 545 g/mol. The molecule has 1 aliphatic rings. The van der Waals surface area contributed by atoms with Crippen LogP contribution in [0.1, 0.15) is 67.8 Å². The second-order valence-corrected chi connectivity index (χ2v) is 10.7. The number of aromatic nitrogens is 2. The van der Waals surface area contributed by atoms with Crippen LogP contribution in [0.4, 0.5) is 0 Å². The van der Waals surface area contributed by atoms with Gasteiger partial charge >= 0.3 is 13.1 Å². The van der Waals surface area contributed by atoms with Gasteiger partial charge in [-0.25, -0.2) is 9.97 Å². The van der Waals surface area contributed by atoms with E-state index < -0.39 is 30.2 Å². The number of carbonyl (C=O) groups excluding carboxylic acids is 2. The third-order valence-electron chi connectivity index (χ3n) is 7.09. The Labute approximate surface area is 235 Å². The van der Waals surface area contributed by atoms with E-state index in [9.17, 15) is 9.59 Å². The molecule has 40 heavy (non-hydrogen) atoms. The van der Waals surface area contributed by atoms with Gasteiger partial charge in [-0.1, -0.05) is 54.6 Å². The molecule has 210 valence electrons. The highest BCUT2D eigenvalue weighted by Gasteiger charge is 2.51. The molecule has 9 nitrogen and oxygen atoms in total. The van der Waals surface area contributed by atoms with E-state index in [0.717, 1.165) is 16.6 Å². The summed E-state index contributed by atoms with van der Waals surface area (Å²) in [5, 5.41) is 2.58. The van der Waals surface area contributed by atoms with E-state index in [1.165, 1.54) is 0 Å². The Morgan fingerprint density at radius 1 is 0.925 bits per heavy atom. The van der Waals surface area contributed by atoms with Gasteiger partial charge in [0.2, 0.25) is 0 Å². The molecule has 1 amide bonds. The lowest BCUT2D eigenvalue weighted by Gasteiger charge is -2.32. The first-order chi connectivity index (χ1) is 19.0. The Kier molecular flexibility index (Phi) is 8.90. The van der Waals surface area contributed by atoms with Crippen molar-refractivity contribution < 1.29 is 28.4 Å². The molecule has 2 aromatic carbocycles. The van der Waals surface area contributed by atoms with E-state index in [-0.39, 0.29) is 31.2 Å². The number of nitrogens with zero attached hydrogens (tertiary/aromatic N) is 2. The molecule has 0 bridgehead atoms. The number of hydrogen-bond acceptors (Lipinski definition) is 8. The van der Waals surface area contributed by atoms with E-state index in [1.54, 1.807) is 13.8 Å². The van der Waals surface area contributed by atoms with Crippen molar-refractivity contribution in [2.75, 3.05) is 13.2 Å². The second-order valence-electron chi connectivity index (χ2n) is 10.7. The minimum Gasteiger partial charge on any atom is -0.485 e. The van der Waals surface area contributed by atoms with Gasteiger partial charge in [0.1, 0.15) is 19.0 Å². The largest absolute Gasteiger partial charge is 0.494 e. The fraction of sp³-hybridized carbons (Fsp3) is 0.400. The van der Waals surface area contributed by atoms with Gasteiger partial charge in [-0.3, -0.25) is 9.59 Å². The zero-order chi connectivity index (χ0) is 28.9. The van der Waals surface area contributed by atoms with Gasteiger partial charge in [0.25, 0.3) is 5.91 Å². The lowest BCUT2D eigenvalue weighted by molar-refractivity contribution is -0.141. The Morgan fingerprint density at radius 3 is 2.20 bits per heavy atom. The Morgan fingerprint density at radius 2 is 1.57 bits per heavy atom. The predicted octanol–water partition coefficient (Wildman–Crippen LogP) is 3.55. The van der Waals surface area contributed by atoms with Crippen molar-refractivity contribution in [3.05, 3.63) is 82.9 Å². The quantitative estimate of drug-likeness (QED) is 0.305. The Bertz CT molecular complexity index is 1330. The smallest absolute Gasteiger partial charge is 0.485 e. The number of carbonyl (C=O) groups is 2. The monoisotopic (exact) mass is 545 g/mol. The molecule has 1 fully saturated rings. The predicted molar refractivity (Wildman–Crippen MR) is 151 cm³/mol. The van der Waals surface area contributed by atoms with Crippen LogP contribution >= 0.6 is 0 Å². The normalized spacial score (nSPS) is 15.5. The molecular weight excluding hydrogens is 509 g/mol. The summed E-state index contributed by atoms with van der Waals surface area (Å²) < 4.78 is 23.2. The first-order valence-electron chi connectivity index (χ1n) is 13.4. The van der Waals surface area contributed by atoms with Crippen LogP contribution in [0, 0.1) is 6.92 Å². The Hall–Kier alpha value is -3.76. The van der Waals surface area contributed by atoms with Gasteiger partial charge in [-0.2, -0.15) is 0 Å². The van der Waals surface area contributed by atoms with Crippen LogP contribution in [0.25, 0.3) is 0 Å². The summed E-state index contributed by atoms with van der Waals surface area (Å²) in [6.45, 7) is 11.8. The molecule has 0 radical (unpaired) electrons. The van der Waals surface area contributed by atoms with Crippen molar-refractivity contribution >= 4 is 24.5 Å². The summed E-state index contributed by atoms with van der Waals surface area (Å²) in [5.41, 5.74) is 2.56. The number of rotatable bonds is 10.